The molecule has 9 heteroatoms. The van der Waals surface area contributed by atoms with E-state index in [9.17, 15) is 19.5 Å². The van der Waals surface area contributed by atoms with Gasteiger partial charge in [0, 0.05) is 0 Å². The number of rotatable bonds is 4. The summed E-state index contributed by atoms with van der Waals surface area (Å²) in [5, 5.41) is 17.7. The summed E-state index contributed by atoms with van der Waals surface area (Å²) in [6.45, 7) is 5.53. The molecule has 2 unspecified atom stereocenters. The fraction of sp³-hybridized carbons (Fsp3) is 0.800. The van der Waals surface area contributed by atoms with Crippen molar-refractivity contribution in [1.82, 2.24) is 20.9 Å². The lowest BCUT2D eigenvalue weighted by Crippen LogP contribution is -2.57. The third-order valence-electron chi connectivity index (χ3n) is 4.62. The monoisotopic (exact) mass is 358 g/mol. The molecule has 2 saturated heterocycles. The van der Waals surface area contributed by atoms with Crippen molar-refractivity contribution in [1.29, 1.82) is 0 Å². The van der Waals surface area contributed by atoms with Gasteiger partial charge in [-0.05, 0) is 38.0 Å². The molecule has 0 bridgehead atoms. The molecule has 2 aliphatic heterocycles. The molecule has 4 N–H and O–H groups in total. The average molecular weight is 358 g/mol. The highest BCUT2D eigenvalue weighted by Crippen LogP contribution is 2.46. The fourth-order valence-electron chi connectivity index (χ4n) is 3.29. The Morgan fingerprint density at radius 3 is 2.67 bits per heavy atom. The summed E-state index contributed by atoms with van der Waals surface area (Å²) in [7, 11) is 1.72. The first-order valence-corrected chi connectivity index (χ1v) is 9.13. The summed E-state index contributed by atoms with van der Waals surface area (Å²) >= 11 is 1.59. The van der Waals surface area contributed by atoms with Crippen LogP contribution in [-0.4, -0.2) is 64.3 Å². The Labute approximate surface area is 146 Å². The van der Waals surface area contributed by atoms with Gasteiger partial charge in [0.15, 0.2) is 0 Å². The van der Waals surface area contributed by atoms with Gasteiger partial charge in [0.2, 0.25) is 5.91 Å². The number of nitrogens with zero attached hydrogens (tertiary/aromatic N) is 1. The number of thioether (sulfide) groups is 1. The first kappa shape index (κ1) is 18.9. The van der Waals surface area contributed by atoms with Crippen LogP contribution < -0.4 is 16.0 Å². The zero-order valence-electron chi connectivity index (χ0n) is 14.5. The van der Waals surface area contributed by atoms with Crippen LogP contribution >= 0.6 is 11.8 Å². The summed E-state index contributed by atoms with van der Waals surface area (Å²) in [5.41, 5.74) is -0.496. The van der Waals surface area contributed by atoms with Crippen molar-refractivity contribution >= 4 is 29.7 Å². The van der Waals surface area contributed by atoms with E-state index in [0.29, 0.717) is 18.6 Å². The smallest absolute Gasteiger partial charge is 0.327 e. The van der Waals surface area contributed by atoms with Gasteiger partial charge in [-0.1, -0.05) is 13.8 Å². The highest BCUT2D eigenvalue weighted by atomic mass is 32.2. The van der Waals surface area contributed by atoms with Gasteiger partial charge in [-0.25, -0.2) is 9.59 Å². The first-order chi connectivity index (χ1) is 11.2. The van der Waals surface area contributed by atoms with Crippen molar-refractivity contribution in [3.05, 3.63) is 0 Å². The summed E-state index contributed by atoms with van der Waals surface area (Å²) in [6, 6.07) is -2.02. The van der Waals surface area contributed by atoms with Crippen LogP contribution in [0.5, 0.6) is 0 Å². The number of amides is 3. The minimum absolute atomic E-state index is 0.153. The van der Waals surface area contributed by atoms with Crippen LogP contribution in [-0.2, 0) is 9.59 Å². The molecule has 2 fully saturated rings. The molecule has 0 saturated carbocycles. The van der Waals surface area contributed by atoms with Gasteiger partial charge in [-0.3, -0.25) is 4.79 Å². The summed E-state index contributed by atoms with van der Waals surface area (Å²) in [5.74, 6) is -0.609. The van der Waals surface area contributed by atoms with Crippen LogP contribution in [0.25, 0.3) is 0 Å². The second-order valence-electron chi connectivity index (χ2n) is 6.97. The minimum atomic E-state index is -0.995. The van der Waals surface area contributed by atoms with E-state index in [1.54, 1.807) is 25.7 Å². The molecule has 0 aromatic carbocycles. The lowest BCUT2D eigenvalue weighted by Gasteiger charge is -2.32. The molecule has 3 amide bonds. The van der Waals surface area contributed by atoms with Crippen molar-refractivity contribution in [3.8, 4) is 0 Å². The van der Waals surface area contributed by atoms with E-state index in [0.717, 1.165) is 0 Å². The maximum Gasteiger partial charge on any atom is 0.327 e. The Balaban J connectivity index is 2.15. The highest BCUT2D eigenvalue weighted by Gasteiger charge is 2.54. The molecule has 4 atom stereocenters. The van der Waals surface area contributed by atoms with Gasteiger partial charge in [0.1, 0.15) is 12.1 Å². The van der Waals surface area contributed by atoms with E-state index in [1.807, 2.05) is 13.8 Å². The van der Waals surface area contributed by atoms with Crippen LogP contribution in [0.3, 0.4) is 0 Å². The number of hydrogen-bond acceptors (Lipinski definition) is 5. The summed E-state index contributed by atoms with van der Waals surface area (Å²) < 4.78 is 0. The second-order valence-corrected chi connectivity index (χ2v) is 8.26. The predicted octanol–water partition coefficient (Wildman–Crippen LogP) is 0.394. The van der Waals surface area contributed by atoms with Gasteiger partial charge in [-0.15, -0.1) is 11.8 Å². The van der Waals surface area contributed by atoms with Crippen LogP contribution in [0.1, 0.15) is 33.6 Å². The predicted molar refractivity (Wildman–Crippen MR) is 91.5 cm³/mol. The number of carboxylic acids is 1. The number of carbonyl (C=O) groups is 3. The van der Waals surface area contributed by atoms with Gasteiger partial charge >= 0.3 is 12.0 Å². The molecule has 136 valence electrons. The maximum atomic E-state index is 12.9. The molecule has 2 rings (SSSR count). The lowest BCUT2D eigenvalue weighted by molar-refractivity contribution is -0.152. The number of carbonyl (C=O) groups excluding carboxylic acids is 2. The third kappa shape index (κ3) is 3.77. The maximum absolute atomic E-state index is 12.9. The molecule has 0 spiro atoms. The number of hydrogen-bond donors (Lipinski definition) is 4. The van der Waals surface area contributed by atoms with Gasteiger partial charge in [0.05, 0.1) is 11.5 Å². The normalized spacial score (nSPS) is 30.2. The summed E-state index contributed by atoms with van der Waals surface area (Å²) in [4.78, 5) is 38.1. The van der Waals surface area contributed by atoms with Crippen LogP contribution in [0.15, 0.2) is 0 Å². The Morgan fingerprint density at radius 2 is 2.08 bits per heavy atom. The van der Waals surface area contributed by atoms with Crippen molar-refractivity contribution in [2.75, 3.05) is 12.8 Å². The van der Waals surface area contributed by atoms with Gasteiger partial charge in [-0.2, -0.15) is 0 Å². The molecule has 0 radical (unpaired) electrons. The molecule has 2 heterocycles. The zero-order valence-corrected chi connectivity index (χ0v) is 15.3. The third-order valence-corrected chi connectivity index (χ3v) is 5.87. The Hall–Kier alpha value is -1.48. The Kier molecular flexibility index (Phi) is 5.64. The zero-order chi connectivity index (χ0) is 18.1. The quantitative estimate of drug-likeness (QED) is 0.541. The van der Waals surface area contributed by atoms with Gasteiger partial charge in [0.25, 0.3) is 0 Å². The van der Waals surface area contributed by atoms with E-state index in [4.69, 9.17) is 0 Å². The van der Waals surface area contributed by atoms with Crippen molar-refractivity contribution in [2.24, 2.45) is 5.41 Å². The van der Waals surface area contributed by atoms with E-state index in [1.165, 1.54) is 4.90 Å². The number of fused-ring (bicyclic) bond motifs is 1. The SMILES string of the molecule is CNC(C)NC(=O)N[C@H]1CCSC2CC(C)(C)[C@@H](C(=O)O)N2C1=O. The average Bonchev–Trinajstić information content (AvgIpc) is 2.67. The molecule has 24 heavy (non-hydrogen) atoms. The number of carboxylic acid groups (broad SMARTS) is 1. The molecule has 0 aliphatic carbocycles. The van der Waals surface area contributed by atoms with Gasteiger partial charge < -0.3 is 26.0 Å². The molecular formula is C15H26N4O4S. The van der Waals surface area contributed by atoms with Crippen molar-refractivity contribution in [2.45, 2.75) is 57.2 Å². The van der Waals surface area contributed by atoms with E-state index in [2.05, 4.69) is 16.0 Å². The second kappa shape index (κ2) is 7.18. The Bertz CT molecular complexity index is 528. The molecular weight excluding hydrogens is 332 g/mol. The van der Waals surface area contributed by atoms with E-state index in [-0.39, 0.29) is 17.4 Å². The standard InChI is InChI=1S/C15H26N4O4S/c1-8(16-4)17-14(23)18-9-5-6-24-10-7-15(2,3)11(13(21)22)19(10)12(9)20/h8-11,16H,5-7H2,1-4H3,(H,21,22)(H2,17,18,23)/t8?,9-,10?,11+/m0/s1. The first-order valence-electron chi connectivity index (χ1n) is 8.08. The molecule has 8 nitrogen and oxygen atoms in total. The minimum Gasteiger partial charge on any atom is -0.480 e. The topological polar surface area (TPSA) is 111 Å². The largest absolute Gasteiger partial charge is 0.480 e. The van der Waals surface area contributed by atoms with E-state index < -0.39 is 29.5 Å². The molecule has 0 aromatic heterocycles. The molecule has 0 aromatic rings. The summed E-state index contributed by atoms with van der Waals surface area (Å²) in [6.07, 6.45) is 0.895. The molecule has 2 aliphatic rings. The van der Waals surface area contributed by atoms with Crippen molar-refractivity contribution in [3.63, 3.8) is 0 Å². The lowest BCUT2D eigenvalue weighted by atomic mass is 9.84. The van der Waals surface area contributed by atoms with Crippen LogP contribution in [0.2, 0.25) is 0 Å². The number of aliphatic carboxylic acids is 1. The highest BCUT2D eigenvalue weighted by molar-refractivity contribution is 7.99. The van der Waals surface area contributed by atoms with Crippen LogP contribution in [0.4, 0.5) is 4.79 Å². The van der Waals surface area contributed by atoms with E-state index >= 15 is 0 Å². The number of nitrogens with one attached hydrogen (secondary N) is 3. The van der Waals surface area contributed by atoms with Crippen molar-refractivity contribution < 1.29 is 19.5 Å². The number of urea groups is 1. The fourth-order valence-corrected chi connectivity index (χ4v) is 4.87. The van der Waals surface area contributed by atoms with Crippen LogP contribution in [0, 0.1) is 5.41 Å². The Morgan fingerprint density at radius 1 is 1.42 bits per heavy atom.